The lowest BCUT2D eigenvalue weighted by molar-refractivity contribution is -0.121. The minimum Gasteiger partial charge on any atom is -0.441 e. The van der Waals surface area contributed by atoms with E-state index in [9.17, 15) is 4.79 Å². The fraction of sp³-hybridized carbons (Fsp3) is 0.375. The summed E-state index contributed by atoms with van der Waals surface area (Å²) in [5, 5.41) is 6.54. The smallest absolute Gasteiger partial charge is 0.220 e. The van der Waals surface area contributed by atoms with Gasteiger partial charge in [-0.25, -0.2) is 4.98 Å². The zero-order valence-electron chi connectivity index (χ0n) is 12.7. The molecule has 6 heteroatoms. The molecule has 1 unspecified atom stereocenters. The van der Waals surface area contributed by atoms with Crippen LogP contribution in [-0.2, 0) is 11.2 Å². The predicted molar refractivity (Wildman–Crippen MR) is 86.8 cm³/mol. The molecule has 1 heterocycles. The Morgan fingerprint density at radius 1 is 1.41 bits per heavy atom. The first-order valence-corrected chi connectivity index (χ1v) is 7.61. The monoisotopic (exact) mass is 321 g/mol. The first-order valence-electron chi connectivity index (χ1n) is 7.23. The Balaban J connectivity index is 1.88. The molecule has 0 fully saturated rings. The molecule has 118 valence electrons. The highest BCUT2D eigenvalue weighted by Crippen LogP contribution is 2.28. The fourth-order valence-corrected chi connectivity index (χ4v) is 2.12. The highest BCUT2D eigenvalue weighted by molar-refractivity contribution is 6.33. The number of hydrogen-bond donors (Lipinski definition) is 2. The van der Waals surface area contributed by atoms with E-state index in [0.717, 1.165) is 5.56 Å². The van der Waals surface area contributed by atoms with Crippen molar-refractivity contribution in [2.24, 2.45) is 0 Å². The second-order valence-electron chi connectivity index (χ2n) is 5.09. The summed E-state index contributed by atoms with van der Waals surface area (Å²) in [6, 6.07) is 7.67. The number of nitrogens with zero attached hydrogens (tertiary/aromatic N) is 1. The number of aryl methyl sites for hydroxylation is 1. The third kappa shape index (κ3) is 4.58. The van der Waals surface area contributed by atoms with Crippen molar-refractivity contribution >= 4 is 17.5 Å². The summed E-state index contributed by atoms with van der Waals surface area (Å²) in [5.41, 5.74) is 0.801. The molecule has 0 saturated heterocycles. The maximum absolute atomic E-state index is 11.7. The second kappa shape index (κ2) is 7.96. The Labute approximate surface area is 135 Å². The van der Waals surface area contributed by atoms with Crippen molar-refractivity contribution in [3.05, 3.63) is 41.4 Å². The number of oxazole rings is 1. The second-order valence-corrected chi connectivity index (χ2v) is 5.50. The van der Waals surface area contributed by atoms with Crippen LogP contribution in [-0.4, -0.2) is 30.5 Å². The molecule has 0 bridgehead atoms. The van der Waals surface area contributed by atoms with E-state index < -0.39 is 0 Å². The minimum atomic E-state index is -0.0143. The zero-order chi connectivity index (χ0) is 15.9. The van der Waals surface area contributed by atoms with Crippen LogP contribution in [0.1, 0.15) is 19.2 Å². The number of nitrogens with one attached hydrogen (secondary N) is 2. The maximum atomic E-state index is 11.7. The Morgan fingerprint density at radius 2 is 2.18 bits per heavy atom. The lowest BCUT2D eigenvalue weighted by Crippen LogP contribution is -2.37. The number of halogens is 1. The minimum absolute atomic E-state index is 0.0143. The van der Waals surface area contributed by atoms with Gasteiger partial charge < -0.3 is 15.1 Å². The van der Waals surface area contributed by atoms with E-state index >= 15 is 0 Å². The van der Waals surface area contributed by atoms with Crippen LogP contribution in [0.15, 0.2) is 34.9 Å². The summed E-state index contributed by atoms with van der Waals surface area (Å²) in [5.74, 6) is 1.14. The number of hydrogen-bond acceptors (Lipinski definition) is 4. The van der Waals surface area contributed by atoms with E-state index in [-0.39, 0.29) is 11.9 Å². The van der Waals surface area contributed by atoms with Crippen LogP contribution in [0, 0.1) is 0 Å². The molecular formula is C16H20ClN3O2. The lowest BCUT2D eigenvalue weighted by Gasteiger charge is -2.10. The van der Waals surface area contributed by atoms with Gasteiger partial charge in [-0.15, -0.1) is 0 Å². The van der Waals surface area contributed by atoms with E-state index in [0.29, 0.717) is 36.1 Å². The summed E-state index contributed by atoms with van der Waals surface area (Å²) in [4.78, 5) is 15.9. The largest absolute Gasteiger partial charge is 0.441 e. The van der Waals surface area contributed by atoms with Crippen LogP contribution in [0.2, 0.25) is 5.02 Å². The third-order valence-corrected chi connectivity index (χ3v) is 3.69. The molecule has 0 spiro atoms. The van der Waals surface area contributed by atoms with Gasteiger partial charge in [-0.2, -0.15) is 0 Å². The van der Waals surface area contributed by atoms with Crippen molar-refractivity contribution in [1.29, 1.82) is 0 Å². The highest BCUT2D eigenvalue weighted by atomic mass is 35.5. The number of carbonyl (C=O) groups excluding carboxylic acids is 1. The average Bonchev–Trinajstić information content (AvgIpc) is 2.99. The molecular weight excluding hydrogens is 302 g/mol. The molecule has 0 saturated carbocycles. The van der Waals surface area contributed by atoms with E-state index in [1.165, 1.54) is 0 Å². The van der Waals surface area contributed by atoms with Crippen molar-refractivity contribution in [2.75, 3.05) is 13.6 Å². The molecule has 0 radical (unpaired) electrons. The van der Waals surface area contributed by atoms with Crippen LogP contribution in [0.4, 0.5) is 0 Å². The van der Waals surface area contributed by atoms with Crippen molar-refractivity contribution in [2.45, 2.75) is 25.8 Å². The molecule has 1 aromatic heterocycles. The van der Waals surface area contributed by atoms with E-state index in [4.69, 9.17) is 16.0 Å². The van der Waals surface area contributed by atoms with Gasteiger partial charge in [0.1, 0.15) is 0 Å². The molecule has 0 aliphatic carbocycles. The molecule has 0 aliphatic heterocycles. The molecule has 2 aromatic rings. The Morgan fingerprint density at radius 3 is 2.91 bits per heavy atom. The normalized spacial score (nSPS) is 12.1. The number of benzene rings is 1. The Bertz CT molecular complexity index is 627. The molecule has 1 aromatic carbocycles. The zero-order valence-corrected chi connectivity index (χ0v) is 13.5. The Hall–Kier alpha value is -1.85. The van der Waals surface area contributed by atoms with Crippen LogP contribution < -0.4 is 10.6 Å². The van der Waals surface area contributed by atoms with Crippen LogP contribution in [0.3, 0.4) is 0 Å². The number of rotatable bonds is 7. The first-order chi connectivity index (χ1) is 10.6. The standard InChI is InChI=1S/C16H20ClN3O2/c1-11(18-2)9-19-15(21)7-8-16-20-10-14(22-16)12-5-3-4-6-13(12)17/h3-6,10-11,18H,7-9H2,1-2H3,(H,19,21). The van der Waals surface area contributed by atoms with Gasteiger partial charge in [-0.3, -0.25) is 4.79 Å². The van der Waals surface area contributed by atoms with Gasteiger partial charge in [0.15, 0.2) is 11.7 Å². The van der Waals surface area contributed by atoms with Gasteiger partial charge in [0.25, 0.3) is 0 Å². The van der Waals surface area contributed by atoms with E-state index in [1.54, 1.807) is 12.3 Å². The van der Waals surface area contributed by atoms with Crippen LogP contribution in [0.5, 0.6) is 0 Å². The van der Waals surface area contributed by atoms with Crippen molar-refractivity contribution in [3.8, 4) is 11.3 Å². The number of aromatic nitrogens is 1. The summed E-state index contributed by atoms with van der Waals surface area (Å²) in [7, 11) is 1.86. The van der Waals surface area contributed by atoms with Crippen molar-refractivity contribution in [1.82, 2.24) is 15.6 Å². The topological polar surface area (TPSA) is 67.2 Å². The average molecular weight is 322 g/mol. The molecule has 5 nitrogen and oxygen atoms in total. The number of likely N-dealkylation sites (N-methyl/N-ethyl adjacent to an activating group) is 1. The lowest BCUT2D eigenvalue weighted by atomic mass is 10.2. The SMILES string of the molecule is CNC(C)CNC(=O)CCc1ncc(-c2ccccc2Cl)o1. The Kier molecular flexibility index (Phi) is 5.98. The van der Waals surface area contributed by atoms with Crippen LogP contribution >= 0.6 is 11.6 Å². The van der Waals surface area contributed by atoms with Gasteiger partial charge in [0, 0.05) is 31.0 Å². The molecule has 1 atom stereocenters. The van der Waals surface area contributed by atoms with E-state index in [1.807, 2.05) is 32.2 Å². The molecule has 0 aliphatic rings. The molecule has 2 N–H and O–H groups in total. The van der Waals surface area contributed by atoms with Crippen molar-refractivity contribution in [3.63, 3.8) is 0 Å². The van der Waals surface area contributed by atoms with Gasteiger partial charge in [-0.1, -0.05) is 23.7 Å². The summed E-state index contributed by atoms with van der Waals surface area (Å²) in [6.07, 6.45) is 2.45. The van der Waals surface area contributed by atoms with Crippen LogP contribution in [0.25, 0.3) is 11.3 Å². The summed E-state index contributed by atoms with van der Waals surface area (Å²) < 4.78 is 5.66. The molecule has 22 heavy (non-hydrogen) atoms. The quantitative estimate of drug-likeness (QED) is 0.822. The number of carbonyl (C=O) groups is 1. The predicted octanol–water partition coefficient (Wildman–Crippen LogP) is 2.65. The summed E-state index contributed by atoms with van der Waals surface area (Å²) >= 11 is 6.12. The maximum Gasteiger partial charge on any atom is 0.220 e. The first kappa shape index (κ1) is 16.5. The van der Waals surface area contributed by atoms with Crippen molar-refractivity contribution < 1.29 is 9.21 Å². The third-order valence-electron chi connectivity index (χ3n) is 3.36. The van der Waals surface area contributed by atoms with Gasteiger partial charge in [-0.05, 0) is 26.1 Å². The molecule has 2 rings (SSSR count). The number of amides is 1. The van der Waals surface area contributed by atoms with Gasteiger partial charge in [0.2, 0.25) is 5.91 Å². The summed E-state index contributed by atoms with van der Waals surface area (Å²) in [6.45, 7) is 2.61. The highest BCUT2D eigenvalue weighted by Gasteiger charge is 2.11. The fourth-order valence-electron chi connectivity index (χ4n) is 1.89. The molecule has 1 amide bonds. The van der Waals surface area contributed by atoms with Gasteiger partial charge >= 0.3 is 0 Å². The van der Waals surface area contributed by atoms with Gasteiger partial charge in [0.05, 0.1) is 11.2 Å². The van der Waals surface area contributed by atoms with E-state index in [2.05, 4.69) is 15.6 Å².